The van der Waals surface area contributed by atoms with Gasteiger partial charge in [0.15, 0.2) is 0 Å². The maximum atomic E-state index is 14.3. The molecule has 3 heterocycles. The molecule has 8 atom stereocenters. The number of nitrogens with zero attached hydrogens (tertiary/aromatic N) is 3. The maximum absolute atomic E-state index is 14.3. The van der Waals surface area contributed by atoms with E-state index in [0.29, 0.717) is 26.1 Å². The number of halogens is 1. The second kappa shape index (κ2) is 12.0. The number of aliphatic hydroxyl groups is 1. The molecule has 3 rings (SSSR count). The van der Waals surface area contributed by atoms with E-state index < -0.39 is 28.7 Å². The van der Waals surface area contributed by atoms with Crippen LogP contribution >= 0.6 is 27.7 Å². The average Bonchev–Trinajstić information content (AvgIpc) is 3.45. The number of alkyl halides is 1. The Balaban J connectivity index is 2.13. The van der Waals surface area contributed by atoms with Crippen molar-refractivity contribution in [2.24, 2.45) is 17.8 Å². The van der Waals surface area contributed by atoms with Crippen molar-refractivity contribution in [1.29, 1.82) is 0 Å². The molecular weight excluding hydrogens is 542 g/mol. The van der Waals surface area contributed by atoms with Crippen LogP contribution in [0.25, 0.3) is 0 Å². The van der Waals surface area contributed by atoms with Gasteiger partial charge in [0.25, 0.3) is 0 Å². The van der Waals surface area contributed by atoms with E-state index in [-0.39, 0.29) is 40.3 Å². The minimum Gasteiger partial charge on any atom is -0.394 e. The monoisotopic (exact) mass is 583 g/mol. The van der Waals surface area contributed by atoms with Crippen molar-refractivity contribution >= 4 is 45.4 Å². The molecule has 36 heavy (non-hydrogen) atoms. The van der Waals surface area contributed by atoms with E-state index in [4.69, 9.17) is 0 Å². The predicted molar refractivity (Wildman–Crippen MR) is 149 cm³/mol. The number of unbranched alkanes of at least 4 members (excludes halogenated alkanes) is 1. The Morgan fingerprint density at radius 2 is 1.94 bits per heavy atom. The molecule has 3 saturated heterocycles. The summed E-state index contributed by atoms with van der Waals surface area (Å²) in [6, 6.07) is -1.21. The van der Waals surface area contributed by atoms with Gasteiger partial charge in [0.05, 0.1) is 29.2 Å². The molecular formula is C27H42BrN3O4S. The number of rotatable bonds is 13. The van der Waals surface area contributed by atoms with Crippen LogP contribution in [-0.2, 0) is 14.4 Å². The van der Waals surface area contributed by atoms with E-state index in [0.717, 1.165) is 19.3 Å². The lowest BCUT2D eigenvalue weighted by atomic mass is 9.70. The van der Waals surface area contributed by atoms with Gasteiger partial charge in [-0.05, 0) is 18.8 Å². The number of likely N-dealkylation sites (N-methyl/N-ethyl adjacent to an activating group) is 1. The van der Waals surface area contributed by atoms with Gasteiger partial charge in [0.2, 0.25) is 17.7 Å². The van der Waals surface area contributed by atoms with Gasteiger partial charge in [-0.25, -0.2) is 0 Å². The fraction of sp³-hybridized carbons (Fsp3) is 0.741. The molecule has 9 heteroatoms. The van der Waals surface area contributed by atoms with E-state index in [1.54, 1.807) is 45.7 Å². The molecule has 0 aromatic rings. The number of aliphatic hydroxyl groups excluding tert-OH is 1. The maximum Gasteiger partial charge on any atom is 0.247 e. The van der Waals surface area contributed by atoms with Crippen molar-refractivity contribution in [2.75, 3.05) is 33.3 Å². The number of thioether (sulfide) groups is 1. The molecule has 3 aliphatic heterocycles. The zero-order valence-electron chi connectivity index (χ0n) is 22.1. The van der Waals surface area contributed by atoms with Gasteiger partial charge in [-0.1, -0.05) is 61.7 Å². The lowest BCUT2D eigenvalue weighted by molar-refractivity contribution is -0.147. The fourth-order valence-corrected chi connectivity index (χ4v) is 9.89. The van der Waals surface area contributed by atoms with Crippen LogP contribution in [0.2, 0.25) is 0 Å². The highest BCUT2D eigenvalue weighted by Crippen LogP contribution is 2.68. The summed E-state index contributed by atoms with van der Waals surface area (Å²) in [4.78, 5) is 47.4. The molecule has 0 radical (unpaired) electrons. The van der Waals surface area contributed by atoms with Crippen LogP contribution in [0.4, 0.5) is 0 Å². The van der Waals surface area contributed by atoms with E-state index in [1.807, 2.05) is 13.8 Å². The number of amides is 3. The Labute approximate surface area is 228 Å². The summed E-state index contributed by atoms with van der Waals surface area (Å²) in [6.07, 6.45) is 6.61. The van der Waals surface area contributed by atoms with Crippen molar-refractivity contribution in [1.82, 2.24) is 14.7 Å². The molecule has 202 valence electrons. The molecule has 1 N–H and O–H groups in total. The van der Waals surface area contributed by atoms with Crippen LogP contribution in [0.1, 0.15) is 46.5 Å². The summed E-state index contributed by atoms with van der Waals surface area (Å²) < 4.78 is -0.713. The summed E-state index contributed by atoms with van der Waals surface area (Å²) in [5, 5.41) is 10.4. The van der Waals surface area contributed by atoms with Crippen LogP contribution in [0.3, 0.4) is 0 Å². The standard InChI is InChI=1S/C27H42BrN3O4S/c1-7-11-14-30(13-9-3)26(35)23-27-15-18(28)22(36-27)20(24(33)29(6)12-8-2)21(27)25(34)31(23)19(16-32)17(5)10-4/h8-9,17-23,32H,2-3,7,10-16H2,1,4-6H3/t17-,18?,19-,20-,21-,22-,23?,27?/m0/s1. The van der Waals surface area contributed by atoms with Gasteiger partial charge in [0, 0.05) is 36.8 Å². The Bertz CT molecular complexity index is 872. The third-order valence-electron chi connectivity index (χ3n) is 8.31. The van der Waals surface area contributed by atoms with Crippen molar-refractivity contribution in [3.63, 3.8) is 0 Å². The number of hydrogen-bond donors (Lipinski definition) is 1. The molecule has 3 aliphatic rings. The van der Waals surface area contributed by atoms with Gasteiger partial charge in [-0.15, -0.1) is 24.9 Å². The number of carbonyl (C=O) groups excluding carboxylic acids is 3. The van der Waals surface area contributed by atoms with Crippen molar-refractivity contribution in [2.45, 2.75) is 73.4 Å². The van der Waals surface area contributed by atoms with Crippen LogP contribution in [0, 0.1) is 17.8 Å². The normalized spacial score (nSPS) is 32.2. The van der Waals surface area contributed by atoms with Crippen LogP contribution in [-0.4, -0.2) is 97.7 Å². The lowest BCUT2D eigenvalue weighted by Crippen LogP contribution is -2.59. The van der Waals surface area contributed by atoms with Crippen LogP contribution < -0.4 is 0 Å². The van der Waals surface area contributed by atoms with Crippen molar-refractivity contribution in [3.8, 4) is 0 Å². The Kier molecular flexibility index (Phi) is 9.77. The van der Waals surface area contributed by atoms with Gasteiger partial charge >= 0.3 is 0 Å². The molecule has 3 unspecified atom stereocenters. The summed E-state index contributed by atoms with van der Waals surface area (Å²) >= 11 is 5.46. The highest BCUT2D eigenvalue weighted by atomic mass is 79.9. The second-order valence-electron chi connectivity index (χ2n) is 10.5. The summed E-state index contributed by atoms with van der Waals surface area (Å²) in [5.41, 5.74) is 0. The van der Waals surface area contributed by atoms with E-state index in [9.17, 15) is 19.5 Å². The van der Waals surface area contributed by atoms with E-state index in [1.165, 1.54) is 0 Å². The summed E-state index contributed by atoms with van der Waals surface area (Å²) in [7, 11) is 1.74. The van der Waals surface area contributed by atoms with E-state index in [2.05, 4.69) is 36.0 Å². The first-order chi connectivity index (χ1) is 17.1. The van der Waals surface area contributed by atoms with Gasteiger partial charge in [-0.3, -0.25) is 14.4 Å². The van der Waals surface area contributed by atoms with Crippen molar-refractivity contribution in [3.05, 3.63) is 25.3 Å². The molecule has 0 saturated carbocycles. The lowest BCUT2D eigenvalue weighted by Gasteiger charge is -2.41. The highest BCUT2D eigenvalue weighted by molar-refractivity contribution is 9.09. The Hall–Kier alpha value is -1.32. The zero-order chi connectivity index (χ0) is 26.8. The smallest absolute Gasteiger partial charge is 0.247 e. The Morgan fingerprint density at radius 3 is 2.50 bits per heavy atom. The third-order valence-corrected chi connectivity index (χ3v) is 11.5. The van der Waals surface area contributed by atoms with Gasteiger partial charge in [-0.2, -0.15) is 0 Å². The minimum atomic E-state index is -0.726. The van der Waals surface area contributed by atoms with Crippen LogP contribution in [0.15, 0.2) is 25.3 Å². The first-order valence-corrected chi connectivity index (χ1v) is 14.9. The first kappa shape index (κ1) is 29.2. The molecule has 0 aliphatic carbocycles. The van der Waals surface area contributed by atoms with Gasteiger partial charge in [0.1, 0.15) is 6.04 Å². The quantitative estimate of drug-likeness (QED) is 0.266. The summed E-state index contributed by atoms with van der Waals surface area (Å²) in [6.45, 7) is 14.9. The number of fused-ring (bicyclic) bond motifs is 1. The van der Waals surface area contributed by atoms with E-state index >= 15 is 0 Å². The largest absolute Gasteiger partial charge is 0.394 e. The third kappa shape index (κ3) is 4.80. The minimum absolute atomic E-state index is 0.00697. The fourth-order valence-electron chi connectivity index (χ4n) is 6.31. The first-order valence-electron chi connectivity index (χ1n) is 13.1. The predicted octanol–water partition coefficient (Wildman–Crippen LogP) is 3.32. The summed E-state index contributed by atoms with van der Waals surface area (Å²) in [5.74, 6) is -1.45. The van der Waals surface area contributed by atoms with Gasteiger partial charge < -0.3 is 19.8 Å². The molecule has 3 fully saturated rings. The van der Waals surface area contributed by atoms with Crippen LogP contribution in [0.5, 0.6) is 0 Å². The molecule has 3 amide bonds. The number of likely N-dealkylation sites (tertiary alicyclic amines) is 1. The van der Waals surface area contributed by atoms with Crippen molar-refractivity contribution < 1.29 is 19.5 Å². The molecule has 0 aromatic carbocycles. The topological polar surface area (TPSA) is 81.2 Å². The molecule has 1 spiro atoms. The highest BCUT2D eigenvalue weighted by Gasteiger charge is 2.76. The Morgan fingerprint density at radius 1 is 1.28 bits per heavy atom. The molecule has 0 aromatic heterocycles. The number of hydrogen-bond acceptors (Lipinski definition) is 5. The SMILES string of the molecule is C=CCN(C)C(=O)[C@H]1[C@H]2C(=O)N([C@@H](CO)[C@@H](C)CC)C(C(=O)N(CC=C)CCCC)C23CC(Br)[C@@H]1S3. The second-order valence-corrected chi connectivity index (χ2v) is 13.2. The molecule has 7 nitrogen and oxygen atoms in total. The number of carbonyl (C=O) groups is 3. The molecule has 2 bridgehead atoms. The zero-order valence-corrected chi connectivity index (χ0v) is 24.5. The average molecular weight is 585 g/mol.